The number of carbonyl (C=O) groups excluding carboxylic acids is 2. The molecule has 1 heterocycles. The third kappa shape index (κ3) is 4.58. The van der Waals surface area contributed by atoms with Crippen LogP contribution in [0.3, 0.4) is 0 Å². The molecule has 0 atom stereocenters. The minimum absolute atomic E-state index is 0.177. The average molecular weight is 359 g/mol. The molecule has 0 fully saturated rings. The summed E-state index contributed by atoms with van der Waals surface area (Å²) < 4.78 is 0. The fourth-order valence-electron chi connectivity index (χ4n) is 2.65. The van der Waals surface area contributed by atoms with Crippen LogP contribution < -0.4 is 10.6 Å². The summed E-state index contributed by atoms with van der Waals surface area (Å²) in [7, 11) is 0. The number of pyridine rings is 1. The molecule has 0 radical (unpaired) electrons. The average Bonchev–Trinajstić information content (AvgIpc) is 2.69. The van der Waals surface area contributed by atoms with E-state index in [1.54, 1.807) is 18.3 Å². The predicted octanol–water partition coefficient (Wildman–Crippen LogP) is 3.88. The molecular formula is C22H21N3O2. The van der Waals surface area contributed by atoms with E-state index in [0.29, 0.717) is 23.4 Å². The van der Waals surface area contributed by atoms with Crippen LogP contribution in [0.2, 0.25) is 0 Å². The van der Waals surface area contributed by atoms with Crippen molar-refractivity contribution >= 4 is 17.5 Å². The normalized spacial score (nSPS) is 10.3. The van der Waals surface area contributed by atoms with E-state index in [0.717, 1.165) is 16.7 Å². The summed E-state index contributed by atoms with van der Waals surface area (Å²) in [4.78, 5) is 28.7. The third-order valence-corrected chi connectivity index (χ3v) is 4.40. The lowest BCUT2D eigenvalue weighted by Crippen LogP contribution is -2.24. The summed E-state index contributed by atoms with van der Waals surface area (Å²) in [6, 6.07) is 16.5. The molecule has 2 amide bonds. The van der Waals surface area contributed by atoms with Crippen molar-refractivity contribution in [2.75, 3.05) is 5.32 Å². The van der Waals surface area contributed by atoms with Gasteiger partial charge in [0.15, 0.2) is 0 Å². The fraction of sp³-hybridized carbons (Fsp3) is 0.136. The van der Waals surface area contributed by atoms with Crippen molar-refractivity contribution < 1.29 is 9.59 Å². The Kier molecular flexibility index (Phi) is 5.61. The molecule has 0 saturated carbocycles. The molecule has 2 aromatic carbocycles. The Labute approximate surface area is 158 Å². The van der Waals surface area contributed by atoms with Crippen molar-refractivity contribution in [3.63, 3.8) is 0 Å². The number of nitrogens with one attached hydrogen (secondary N) is 2. The van der Waals surface area contributed by atoms with E-state index >= 15 is 0 Å². The summed E-state index contributed by atoms with van der Waals surface area (Å²) in [6.45, 7) is 4.29. The first-order chi connectivity index (χ1) is 13.0. The van der Waals surface area contributed by atoms with Gasteiger partial charge in [0.25, 0.3) is 11.8 Å². The number of aryl methyl sites for hydroxylation is 2. The van der Waals surface area contributed by atoms with Crippen LogP contribution in [0.15, 0.2) is 67.0 Å². The SMILES string of the molecule is Cc1ccc(C(=O)Nc2ccccc2CNC(=O)c2cccnc2)cc1C. The summed E-state index contributed by atoms with van der Waals surface area (Å²) in [5.41, 5.74) is 4.81. The number of benzene rings is 2. The smallest absolute Gasteiger partial charge is 0.255 e. The van der Waals surface area contributed by atoms with E-state index in [9.17, 15) is 9.59 Å². The lowest BCUT2D eigenvalue weighted by Gasteiger charge is -2.12. The minimum Gasteiger partial charge on any atom is -0.348 e. The summed E-state index contributed by atoms with van der Waals surface area (Å²) in [5.74, 6) is -0.387. The molecule has 0 saturated heterocycles. The second-order valence-electron chi connectivity index (χ2n) is 6.33. The Morgan fingerprint density at radius 3 is 2.44 bits per heavy atom. The zero-order valence-corrected chi connectivity index (χ0v) is 15.3. The first kappa shape index (κ1) is 18.3. The summed E-state index contributed by atoms with van der Waals surface area (Å²) in [6.07, 6.45) is 3.14. The first-order valence-corrected chi connectivity index (χ1v) is 8.69. The molecule has 27 heavy (non-hydrogen) atoms. The number of para-hydroxylation sites is 1. The van der Waals surface area contributed by atoms with Crippen molar-refractivity contribution in [2.45, 2.75) is 20.4 Å². The van der Waals surface area contributed by atoms with Crippen molar-refractivity contribution in [3.8, 4) is 0 Å². The van der Waals surface area contributed by atoms with E-state index in [2.05, 4.69) is 15.6 Å². The highest BCUT2D eigenvalue weighted by Crippen LogP contribution is 2.17. The zero-order valence-electron chi connectivity index (χ0n) is 15.3. The van der Waals surface area contributed by atoms with Gasteiger partial charge in [-0.15, -0.1) is 0 Å². The second kappa shape index (κ2) is 8.27. The van der Waals surface area contributed by atoms with Gasteiger partial charge in [0.2, 0.25) is 0 Å². The van der Waals surface area contributed by atoms with E-state index in [1.807, 2.05) is 56.3 Å². The van der Waals surface area contributed by atoms with Crippen LogP contribution >= 0.6 is 0 Å². The molecule has 0 aliphatic heterocycles. The van der Waals surface area contributed by atoms with Gasteiger partial charge in [-0.3, -0.25) is 14.6 Å². The fourth-order valence-corrected chi connectivity index (χ4v) is 2.65. The summed E-state index contributed by atoms with van der Waals surface area (Å²) in [5, 5.41) is 5.79. The molecular weight excluding hydrogens is 338 g/mol. The zero-order chi connectivity index (χ0) is 19.2. The highest BCUT2D eigenvalue weighted by atomic mass is 16.2. The van der Waals surface area contributed by atoms with Crippen LogP contribution in [-0.2, 0) is 6.54 Å². The van der Waals surface area contributed by atoms with Crippen LogP contribution in [0, 0.1) is 13.8 Å². The third-order valence-electron chi connectivity index (χ3n) is 4.40. The van der Waals surface area contributed by atoms with Gasteiger partial charge in [0.1, 0.15) is 0 Å². The summed E-state index contributed by atoms with van der Waals surface area (Å²) >= 11 is 0. The number of nitrogens with zero attached hydrogens (tertiary/aromatic N) is 1. The Balaban J connectivity index is 1.71. The second-order valence-corrected chi connectivity index (χ2v) is 6.33. The highest BCUT2D eigenvalue weighted by Gasteiger charge is 2.11. The van der Waals surface area contributed by atoms with E-state index in [-0.39, 0.29) is 11.8 Å². The number of aromatic nitrogens is 1. The Morgan fingerprint density at radius 1 is 0.889 bits per heavy atom. The van der Waals surface area contributed by atoms with Gasteiger partial charge < -0.3 is 10.6 Å². The number of rotatable bonds is 5. The van der Waals surface area contributed by atoms with E-state index in [1.165, 1.54) is 6.20 Å². The quantitative estimate of drug-likeness (QED) is 0.726. The lowest BCUT2D eigenvalue weighted by molar-refractivity contribution is 0.0950. The molecule has 0 aliphatic carbocycles. The van der Waals surface area contributed by atoms with Gasteiger partial charge in [-0.2, -0.15) is 0 Å². The van der Waals surface area contributed by atoms with Gasteiger partial charge >= 0.3 is 0 Å². The van der Waals surface area contributed by atoms with Gasteiger partial charge in [-0.25, -0.2) is 0 Å². The van der Waals surface area contributed by atoms with Crippen LogP contribution in [0.5, 0.6) is 0 Å². The molecule has 0 bridgehead atoms. The van der Waals surface area contributed by atoms with Gasteiger partial charge in [-0.05, 0) is 60.9 Å². The Hall–Kier alpha value is -3.47. The highest BCUT2D eigenvalue weighted by molar-refractivity contribution is 6.04. The largest absolute Gasteiger partial charge is 0.348 e. The molecule has 2 N–H and O–H groups in total. The van der Waals surface area contributed by atoms with Gasteiger partial charge in [0, 0.05) is 30.2 Å². The Bertz CT molecular complexity index is 968. The standard InChI is InChI=1S/C22H21N3O2/c1-15-9-10-17(12-16(15)2)22(27)25-20-8-4-3-6-18(20)14-24-21(26)19-7-5-11-23-13-19/h3-13H,14H2,1-2H3,(H,24,26)(H,25,27). The van der Waals surface area contributed by atoms with Crippen molar-refractivity contribution in [1.29, 1.82) is 0 Å². The van der Waals surface area contributed by atoms with Gasteiger partial charge in [0.05, 0.1) is 5.56 Å². The predicted molar refractivity (Wildman–Crippen MR) is 106 cm³/mol. The topological polar surface area (TPSA) is 71.1 Å². The first-order valence-electron chi connectivity index (χ1n) is 8.69. The van der Waals surface area contributed by atoms with Crippen molar-refractivity contribution in [2.24, 2.45) is 0 Å². The molecule has 5 heteroatoms. The maximum Gasteiger partial charge on any atom is 0.255 e. The van der Waals surface area contributed by atoms with Crippen molar-refractivity contribution in [1.82, 2.24) is 10.3 Å². The molecule has 136 valence electrons. The maximum atomic E-state index is 12.6. The van der Waals surface area contributed by atoms with Crippen molar-refractivity contribution in [3.05, 3.63) is 94.8 Å². The number of carbonyl (C=O) groups is 2. The molecule has 0 aliphatic rings. The monoisotopic (exact) mass is 359 g/mol. The minimum atomic E-state index is -0.210. The van der Waals surface area contributed by atoms with E-state index in [4.69, 9.17) is 0 Å². The van der Waals surface area contributed by atoms with Crippen LogP contribution in [0.4, 0.5) is 5.69 Å². The molecule has 3 aromatic rings. The lowest BCUT2D eigenvalue weighted by atomic mass is 10.1. The number of amides is 2. The Morgan fingerprint density at radius 2 is 1.70 bits per heavy atom. The molecule has 1 aromatic heterocycles. The van der Waals surface area contributed by atoms with E-state index < -0.39 is 0 Å². The maximum absolute atomic E-state index is 12.6. The molecule has 0 unspecified atom stereocenters. The molecule has 0 spiro atoms. The molecule has 5 nitrogen and oxygen atoms in total. The van der Waals surface area contributed by atoms with Crippen LogP contribution in [0.25, 0.3) is 0 Å². The number of hydrogen-bond donors (Lipinski definition) is 2. The number of hydrogen-bond acceptors (Lipinski definition) is 3. The number of anilines is 1. The van der Waals surface area contributed by atoms with Gasteiger partial charge in [-0.1, -0.05) is 24.3 Å². The molecule has 3 rings (SSSR count). The van der Waals surface area contributed by atoms with Crippen LogP contribution in [-0.4, -0.2) is 16.8 Å². The van der Waals surface area contributed by atoms with Crippen LogP contribution in [0.1, 0.15) is 37.4 Å².